The SMILES string of the molecule is Cc1ccc(S(=O)(=O)N(C)C)cc1NC(=O)C(C)OC(=O)c1cccc([N+](=O)[O-])c1. The van der Waals surface area contributed by atoms with Gasteiger partial charge < -0.3 is 10.1 Å². The number of hydrogen-bond acceptors (Lipinski definition) is 7. The van der Waals surface area contributed by atoms with Crippen LogP contribution in [0.3, 0.4) is 0 Å². The monoisotopic (exact) mass is 435 g/mol. The van der Waals surface area contributed by atoms with Gasteiger partial charge in [-0.25, -0.2) is 17.5 Å². The summed E-state index contributed by atoms with van der Waals surface area (Å²) < 4.78 is 30.7. The van der Waals surface area contributed by atoms with Crippen LogP contribution in [0.15, 0.2) is 47.4 Å². The minimum absolute atomic E-state index is 0.00496. The molecule has 2 aromatic carbocycles. The van der Waals surface area contributed by atoms with Crippen molar-refractivity contribution in [3.8, 4) is 0 Å². The molecule has 0 aliphatic carbocycles. The summed E-state index contributed by atoms with van der Waals surface area (Å²) in [7, 11) is -0.913. The highest BCUT2D eigenvalue weighted by molar-refractivity contribution is 7.89. The van der Waals surface area contributed by atoms with Crippen molar-refractivity contribution in [2.75, 3.05) is 19.4 Å². The molecule has 1 amide bonds. The summed E-state index contributed by atoms with van der Waals surface area (Å²) >= 11 is 0. The largest absolute Gasteiger partial charge is 0.449 e. The molecule has 1 unspecified atom stereocenters. The lowest BCUT2D eigenvalue weighted by Crippen LogP contribution is -2.30. The molecule has 0 saturated heterocycles. The summed E-state index contributed by atoms with van der Waals surface area (Å²) in [6.45, 7) is 3.02. The highest BCUT2D eigenvalue weighted by Gasteiger charge is 2.23. The van der Waals surface area contributed by atoms with Gasteiger partial charge in [0.05, 0.1) is 15.4 Å². The number of non-ortho nitro benzene ring substituents is 1. The number of nitrogens with one attached hydrogen (secondary N) is 1. The van der Waals surface area contributed by atoms with E-state index < -0.39 is 32.9 Å². The Morgan fingerprint density at radius 1 is 1.17 bits per heavy atom. The number of carbonyl (C=O) groups excluding carboxylic acids is 2. The molecule has 1 atom stereocenters. The van der Waals surface area contributed by atoms with Gasteiger partial charge in [0.25, 0.3) is 11.6 Å². The maximum Gasteiger partial charge on any atom is 0.339 e. The second kappa shape index (κ2) is 9.01. The van der Waals surface area contributed by atoms with Gasteiger partial charge in [-0.2, -0.15) is 0 Å². The Hall–Kier alpha value is -3.31. The molecule has 1 N–H and O–H groups in total. The fourth-order valence-electron chi connectivity index (χ4n) is 2.37. The van der Waals surface area contributed by atoms with Gasteiger partial charge in [0.1, 0.15) is 0 Å². The number of aryl methyl sites for hydroxylation is 1. The van der Waals surface area contributed by atoms with Crippen molar-refractivity contribution in [3.05, 3.63) is 63.7 Å². The number of amides is 1. The number of rotatable bonds is 7. The number of ether oxygens (including phenoxy) is 1. The number of nitro groups is 1. The zero-order valence-electron chi connectivity index (χ0n) is 16.8. The predicted molar refractivity (Wildman–Crippen MR) is 109 cm³/mol. The number of esters is 1. The molecule has 0 heterocycles. The zero-order chi connectivity index (χ0) is 22.6. The molecule has 10 nitrogen and oxygen atoms in total. The lowest BCUT2D eigenvalue weighted by Gasteiger charge is -2.17. The van der Waals surface area contributed by atoms with Crippen LogP contribution in [-0.4, -0.2) is 49.7 Å². The van der Waals surface area contributed by atoms with Crippen molar-refractivity contribution in [1.82, 2.24) is 4.31 Å². The summed E-state index contributed by atoms with van der Waals surface area (Å²) in [4.78, 5) is 34.8. The number of benzene rings is 2. The molecule has 11 heteroatoms. The second-order valence-corrected chi connectivity index (χ2v) is 8.76. The van der Waals surface area contributed by atoms with E-state index in [0.29, 0.717) is 5.56 Å². The van der Waals surface area contributed by atoms with Crippen molar-refractivity contribution < 1.29 is 27.7 Å². The van der Waals surface area contributed by atoms with Crippen LogP contribution in [0.4, 0.5) is 11.4 Å². The Balaban J connectivity index is 2.15. The molecule has 0 aliphatic heterocycles. The van der Waals surface area contributed by atoms with Crippen LogP contribution >= 0.6 is 0 Å². The summed E-state index contributed by atoms with van der Waals surface area (Å²) in [5.41, 5.74) is 0.509. The lowest BCUT2D eigenvalue weighted by molar-refractivity contribution is -0.384. The first-order chi connectivity index (χ1) is 13.9. The third-order valence-corrected chi connectivity index (χ3v) is 6.00. The van der Waals surface area contributed by atoms with Gasteiger partial charge >= 0.3 is 5.97 Å². The number of nitro benzene ring substituents is 1. The van der Waals surface area contributed by atoms with Gasteiger partial charge in [0.2, 0.25) is 10.0 Å². The second-order valence-electron chi connectivity index (χ2n) is 6.61. The van der Waals surface area contributed by atoms with Gasteiger partial charge in [-0.3, -0.25) is 14.9 Å². The number of anilines is 1. The number of hydrogen-bond donors (Lipinski definition) is 1. The smallest absolute Gasteiger partial charge is 0.339 e. The predicted octanol–water partition coefficient (Wildman–Crippen LogP) is 2.34. The molecule has 0 fully saturated rings. The summed E-state index contributed by atoms with van der Waals surface area (Å²) in [6, 6.07) is 9.23. The minimum atomic E-state index is -3.70. The van der Waals surface area contributed by atoms with Crippen molar-refractivity contribution in [2.24, 2.45) is 0 Å². The molecule has 160 valence electrons. The van der Waals surface area contributed by atoms with E-state index in [1.54, 1.807) is 13.0 Å². The third kappa shape index (κ3) is 5.19. The van der Waals surface area contributed by atoms with Gasteiger partial charge in [-0.1, -0.05) is 12.1 Å². The maximum atomic E-state index is 12.4. The minimum Gasteiger partial charge on any atom is -0.449 e. The van der Waals surface area contributed by atoms with E-state index in [1.165, 1.54) is 51.4 Å². The average molecular weight is 435 g/mol. The molecular formula is C19H21N3O7S. The van der Waals surface area contributed by atoms with Crippen molar-refractivity contribution in [1.29, 1.82) is 0 Å². The zero-order valence-corrected chi connectivity index (χ0v) is 17.6. The quantitative estimate of drug-likeness (QED) is 0.400. The van der Waals surface area contributed by atoms with E-state index in [-0.39, 0.29) is 21.8 Å². The topological polar surface area (TPSA) is 136 Å². The summed E-state index contributed by atoms with van der Waals surface area (Å²) in [5.74, 6) is -1.58. The number of carbonyl (C=O) groups is 2. The molecule has 0 bridgehead atoms. The Morgan fingerprint density at radius 2 is 1.83 bits per heavy atom. The van der Waals surface area contributed by atoms with Crippen LogP contribution in [0.25, 0.3) is 0 Å². The highest BCUT2D eigenvalue weighted by Crippen LogP contribution is 2.22. The van der Waals surface area contributed by atoms with E-state index in [1.807, 2.05) is 0 Å². The third-order valence-electron chi connectivity index (χ3n) is 4.19. The molecule has 0 aliphatic rings. The van der Waals surface area contributed by atoms with Gasteiger partial charge in [-0.15, -0.1) is 0 Å². The van der Waals surface area contributed by atoms with Crippen LogP contribution in [0.5, 0.6) is 0 Å². The fraction of sp³-hybridized carbons (Fsp3) is 0.263. The molecule has 0 spiro atoms. The van der Waals surface area contributed by atoms with Crippen LogP contribution < -0.4 is 5.32 Å². The Labute approximate surface area is 173 Å². The fourth-order valence-corrected chi connectivity index (χ4v) is 3.30. The molecule has 0 saturated carbocycles. The van der Waals surface area contributed by atoms with Crippen LogP contribution in [0.2, 0.25) is 0 Å². The van der Waals surface area contributed by atoms with Gasteiger partial charge in [0.15, 0.2) is 6.10 Å². The lowest BCUT2D eigenvalue weighted by atomic mass is 10.2. The van der Waals surface area contributed by atoms with E-state index in [4.69, 9.17) is 4.74 Å². The number of sulfonamides is 1. The van der Waals surface area contributed by atoms with E-state index >= 15 is 0 Å². The normalized spacial score (nSPS) is 12.3. The first-order valence-electron chi connectivity index (χ1n) is 8.73. The van der Waals surface area contributed by atoms with Crippen LogP contribution in [0.1, 0.15) is 22.8 Å². The first-order valence-corrected chi connectivity index (χ1v) is 10.2. The first kappa shape index (κ1) is 23.0. The Morgan fingerprint density at radius 3 is 2.43 bits per heavy atom. The van der Waals surface area contributed by atoms with Crippen LogP contribution in [-0.2, 0) is 19.6 Å². The molecule has 0 aromatic heterocycles. The Kier molecular flexibility index (Phi) is 6.90. The summed E-state index contributed by atoms with van der Waals surface area (Å²) in [6.07, 6.45) is -1.23. The van der Waals surface area contributed by atoms with Gasteiger partial charge in [0, 0.05) is 31.9 Å². The number of nitrogens with zero attached hydrogens (tertiary/aromatic N) is 2. The maximum absolute atomic E-state index is 12.4. The van der Waals surface area contributed by atoms with Crippen molar-refractivity contribution >= 4 is 33.3 Å². The highest BCUT2D eigenvalue weighted by atomic mass is 32.2. The summed E-state index contributed by atoms with van der Waals surface area (Å²) in [5, 5.41) is 13.4. The van der Waals surface area contributed by atoms with E-state index in [9.17, 15) is 28.1 Å². The molecule has 30 heavy (non-hydrogen) atoms. The average Bonchev–Trinajstić information content (AvgIpc) is 2.69. The molecule has 2 rings (SSSR count). The van der Waals surface area contributed by atoms with E-state index in [2.05, 4.69) is 5.32 Å². The van der Waals surface area contributed by atoms with Crippen molar-refractivity contribution in [2.45, 2.75) is 24.8 Å². The van der Waals surface area contributed by atoms with Gasteiger partial charge in [-0.05, 0) is 37.6 Å². The molecule has 2 aromatic rings. The Bertz CT molecular complexity index is 1100. The van der Waals surface area contributed by atoms with Crippen LogP contribution in [0, 0.1) is 17.0 Å². The standard InChI is InChI=1S/C19H21N3O7S/c1-12-8-9-16(30(27,28)21(3)4)11-17(12)20-18(23)13(2)29-19(24)14-6-5-7-15(10-14)22(25)26/h5-11,13H,1-4H3,(H,20,23). The molecule has 0 radical (unpaired) electrons. The van der Waals surface area contributed by atoms with Crippen molar-refractivity contribution in [3.63, 3.8) is 0 Å². The van der Waals surface area contributed by atoms with E-state index in [0.717, 1.165) is 10.4 Å². The molecular weight excluding hydrogens is 414 g/mol.